The van der Waals surface area contributed by atoms with Crippen molar-refractivity contribution in [2.75, 3.05) is 0 Å². The van der Waals surface area contributed by atoms with Gasteiger partial charge in [0.15, 0.2) is 0 Å². The van der Waals surface area contributed by atoms with Crippen molar-refractivity contribution in [2.24, 2.45) is 9.98 Å². The Kier molecular flexibility index (Phi) is 6.29. The van der Waals surface area contributed by atoms with Gasteiger partial charge in [-0.3, -0.25) is 9.98 Å². The minimum absolute atomic E-state index is 0.622. The number of aryl methyl sites for hydroxylation is 4. The number of rotatable bonds is 4. The number of benzene rings is 2. The van der Waals surface area contributed by atoms with Crippen molar-refractivity contribution in [3.8, 4) is 0 Å². The lowest BCUT2D eigenvalue weighted by Crippen LogP contribution is -2.06. The molecule has 3 aromatic rings. The van der Waals surface area contributed by atoms with Gasteiger partial charge < -0.3 is 0 Å². The molecule has 0 saturated carbocycles. The van der Waals surface area contributed by atoms with Gasteiger partial charge >= 0.3 is 0 Å². The molecule has 3 rings (SSSR count). The fourth-order valence-electron chi connectivity index (χ4n) is 3.28. The van der Waals surface area contributed by atoms with Crippen molar-refractivity contribution >= 4 is 34.4 Å². The molecule has 148 valence electrons. The third-order valence-corrected chi connectivity index (χ3v) is 5.19. The standard InChI is InChI=1S/C25H26ClN3/c1-15-9-7-10-16(2)24(15)27-19(5)22-13-21(26)14-23(29-22)20(6)28-25-17(3)11-8-12-18(25)4/h7-14H,1-6H3/b27-19+,28-20+. The van der Waals surface area contributed by atoms with E-state index < -0.39 is 0 Å². The van der Waals surface area contributed by atoms with E-state index in [-0.39, 0.29) is 0 Å². The fraction of sp³-hybridized carbons (Fsp3) is 0.240. The van der Waals surface area contributed by atoms with Crippen LogP contribution in [-0.4, -0.2) is 16.4 Å². The van der Waals surface area contributed by atoms with Gasteiger partial charge in [-0.15, -0.1) is 0 Å². The number of aromatic nitrogens is 1. The molecule has 3 nitrogen and oxygen atoms in total. The molecular formula is C25H26ClN3. The lowest BCUT2D eigenvalue weighted by molar-refractivity contribution is 1.23. The fourth-order valence-corrected chi connectivity index (χ4v) is 3.49. The molecule has 29 heavy (non-hydrogen) atoms. The average molecular weight is 404 g/mol. The number of nitrogens with zero attached hydrogens (tertiary/aromatic N) is 3. The predicted octanol–water partition coefficient (Wildman–Crippen LogP) is 7.25. The van der Waals surface area contributed by atoms with E-state index in [0.29, 0.717) is 5.02 Å². The topological polar surface area (TPSA) is 37.6 Å². The SMILES string of the molecule is C/C(=N\c1c(C)cccc1C)c1cc(Cl)cc(/C(C)=N/c2c(C)cccc2C)n1. The maximum atomic E-state index is 6.42. The van der Waals surface area contributed by atoms with Crippen LogP contribution in [0.25, 0.3) is 0 Å². The Morgan fingerprint density at radius 1 is 0.690 bits per heavy atom. The second kappa shape index (κ2) is 8.71. The maximum absolute atomic E-state index is 6.42. The van der Waals surface area contributed by atoms with Crippen molar-refractivity contribution in [1.82, 2.24) is 4.98 Å². The van der Waals surface area contributed by atoms with E-state index in [4.69, 9.17) is 26.6 Å². The van der Waals surface area contributed by atoms with E-state index in [9.17, 15) is 0 Å². The summed E-state index contributed by atoms with van der Waals surface area (Å²) < 4.78 is 0. The number of para-hydroxylation sites is 2. The zero-order chi connectivity index (χ0) is 21.1. The molecule has 0 amide bonds. The molecule has 0 saturated heterocycles. The van der Waals surface area contributed by atoms with Crippen molar-refractivity contribution in [3.05, 3.63) is 87.2 Å². The number of aliphatic imine (C=N–C) groups is 2. The number of halogens is 1. The van der Waals surface area contributed by atoms with Gasteiger partial charge in [0, 0.05) is 5.02 Å². The molecule has 4 heteroatoms. The van der Waals surface area contributed by atoms with Crippen LogP contribution in [0, 0.1) is 27.7 Å². The van der Waals surface area contributed by atoms with E-state index >= 15 is 0 Å². The summed E-state index contributed by atoms with van der Waals surface area (Å²) in [6.07, 6.45) is 0. The van der Waals surface area contributed by atoms with Crippen molar-refractivity contribution in [3.63, 3.8) is 0 Å². The molecule has 1 aromatic heterocycles. The van der Waals surface area contributed by atoms with Crippen LogP contribution in [0.5, 0.6) is 0 Å². The summed E-state index contributed by atoms with van der Waals surface area (Å²) in [7, 11) is 0. The third kappa shape index (κ3) is 4.80. The highest BCUT2D eigenvalue weighted by molar-refractivity contribution is 6.31. The Hall–Kier alpha value is -2.78. The summed E-state index contributed by atoms with van der Waals surface area (Å²) in [5.74, 6) is 0. The first kappa shape index (κ1) is 20.9. The summed E-state index contributed by atoms with van der Waals surface area (Å²) in [5.41, 5.74) is 9.68. The molecule has 0 radical (unpaired) electrons. The second-order valence-electron chi connectivity index (χ2n) is 7.43. The zero-order valence-corrected chi connectivity index (χ0v) is 18.6. The average Bonchev–Trinajstić information content (AvgIpc) is 2.67. The second-order valence-corrected chi connectivity index (χ2v) is 7.87. The van der Waals surface area contributed by atoms with Crippen LogP contribution < -0.4 is 0 Å². The number of hydrogen-bond donors (Lipinski definition) is 0. The van der Waals surface area contributed by atoms with Gasteiger partial charge in [-0.1, -0.05) is 48.0 Å². The Labute approximate surface area is 178 Å². The Balaban J connectivity index is 2.04. The first-order valence-electron chi connectivity index (χ1n) is 9.67. The van der Waals surface area contributed by atoms with Crippen LogP contribution in [0.4, 0.5) is 11.4 Å². The lowest BCUT2D eigenvalue weighted by atomic mass is 10.1. The van der Waals surface area contributed by atoms with Crippen LogP contribution in [0.1, 0.15) is 47.5 Å². The van der Waals surface area contributed by atoms with Crippen LogP contribution in [0.2, 0.25) is 5.02 Å². The highest BCUT2D eigenvalue weighted by Crippen LogP contribution is 2.26. The molecule has 0 aliphatic carbocycles. The summed E-state index contributed by atoms with van der Waals surface area (Å²) in [5, 5.41) is 0.622. The molecule has 0 aliphatic heterocycles. The molecule has 0 unspecified atom stereocenters. The highest BCUT2D eigenvalue weighted by atomic mass is 35.5. The van der Waals surface area contributed by atoms with E-state index in [2.05, 4.69) is 52.0 Å². The van der Waals surface area contributed by atoms with Crippen LogP contribution in [-0.2, 0) is 0 Å². The third-order valence-electron chi connectivity index (χ3n) is 4.97. The lowest BCUT2D eigenvalue weighted by Gasteiger charge is -2.10. The summed E-state index contributed by atoms with van der Waals surface area (Å²) in [6.45, 7) is 12.2. The Bertz CT molecular complexity index is 1000. The largest absolute Gasteiger partial charge is 0.251 e. The number of pyridine rings is 1. The molecule has 0 fully saturated rings. The summed E-state index contributed by atoms with van der Waals surface area (Å²) in [6, 6.07) is 16.1. The molecule has 0 N–H and O–H groups in total. The van der Waals surface area contributed by atoms with Crippen molar-refractivity contribution in [2.45, 2.75) is 41.5 Å². The minimum atomic E-state index is 0.622. The summed E-state index contributed by atoms with van der Waals surface area (Å²) >= 11 is 6.42. The molecular weight excluding hydrogens is 378 g/mol. The first-order chi connectivity index (χ1) is 13.8. The van der Waals surface area contributed by atoms with Gasteiger partial charge in [0.2, 0.25) is 0 Å². The highest BCUT2D eigenvalue weighted by Gasteiger charge is 2.10. The van der Waals surface area contributed by atoms with Crippen LogP contribution in [0.3, 0.4) is 0 Å². The van der Waals surface area contributed by atoms with Gasteiger partial charge in [-0.2, -0.15) is 0 Å². The zero-order valence-electron chi connectivity index (χ0n) is 17.8. The Morgan fingerprint density at radius 3 is 1.38 bits per heavy atom. The van der Waals surface area contributed by atoms with E-state index in [1.165, 1.54) is 0 Å². The van der Waals surface area contributed by atoms with Crippen molar-refractivity contribution < 1.29 is 0 Å². The molecule has 0 spiro atoms. The molecule has 0 bridgehead atoms. The van der Waals surface area contributed by atoms with Crippen molar-refractivity contribution in [1.29, 1.82) is 0 Å². The van der Waals surface area contributed by atoms with E-state index in [1.54, 1.807) is 0 Å². The Morgan fingerprint density at radius 2 is 1.03 bits per heavy atom. The monoisotopic (exact) mass is 403 g/mol. The van der Waals surface area contributed by atoms with Crippen LogP contribution in [0.15, 0.2) is 58.5 Å². The smallest absolute Gasteiger partial charge is 0.0864 e. The van der Waals surface area contributed by atoms with Crippen LogP contribution >= 0.6 is 11.6 Å². The number of hydrogen-bond acceptors (Lipinski definition) is 3. The minimum Gasteiger partial charge on any atom is -0.251 e. The van der Waals surface area contributed by atoms with E-state index in [0.717, 1.165) is 56.4 Å². The molecule has 0 atom stereocenters. The van der Waals surface area contributed by atoms with E-state index in [1.807, 2.05) is 38.1 Å². The molecule has 1 heterocycles. The van der Waals surface area contributed by atoms with Gasteiger partial charge in [0.05, 0.1) is 34.2 Å². The predicted molar refractivity (Wildman–Crippen MR) is 125 cm³/mol. The summed E-state index contributed by atoms with van der Waals surface area (Å²) in [4.78, 5) is 14.5. The quantitative estimate of drug-likeness (QED) is 0.422. The van der Waals surface area contributed by atoms with Gasteiger partial charge in [0.1, 0.15) is 0 Å². The van der Waals surface area contributed by atoms with Gasteiger partial charge in [0.25, 0.3) is 0 Å². The first-order valence-corrected chi connectivity index (χ1v) is 10.1. The van der Waals surface area contributed by atoms with Gasteiger partial charge in [-0.25, -0.2) is 4.98 Å². The van der Waals surface area contributed by atoms with Gasteiger partial charge in [-0.05, 0) is 75.9 Å². The normalized spacial score (nSPS) is 12.4. The molecule has 0 aliphatic rings. The maximum Gasteiger partial charge on any atom is 0.0864 e. The molecule has 2 aromatic carbocycles.